The van der Waals surface area contributed by atoms with E-state index < -0.39 is 8.32 Å². The fraction of sp³-hybridized carbons (Fsp3) is 0.588. The smallest absolute Gasteiger partial charge is 0.191 e. The second-order valence-corrected chi connectivity index (χ2v) is 24.8. The van der Waals surface area contributed by atoms with E-state index in [9.17, 15) is 0 Å². The van der Waals surface area contributed by atoms with Gasteiger partial charge in [0.15, 0.2) is 8.32 Å². The molecule has 0 unspecified atom stereocenters. The maximum Gasteiger partial charge on any atom is 0.191 e. The van der Waals surface area contributed by atoms with E-state index in [1.165, 1.54) is 46.0 Å². The van der Waals surface area contributed by atoms with Gasteiger partial charge >= 0.3 is 0 Å². The molecule has 38 heavy (non-hydrogen) atoms. The van der Waals surface area contributed by atoms with Gasteiger partial charge in [0.05, 0.1) is 10.1 Å². The molecule has 0 aliphatic carbocycles. The van der Waals surface area contributed by atoms with Gasteiger partial charge in [-0.05, 0) is 96.1 Å². The maximum absolute atomic E-state index is 6.57. The summed E-state index contributed by atoms with van der Waals surface area (Å²) in [5.41, 5.74) is 11.8. The second-order valence-electron chi connectivity index (χ2n) is 14.2. The normalized spacial score (nSPS) is 13.9. The van der Waals surface area contributed by atoms with Crippen molar-refractivity contribution in [1.29, 1.82) is 0 Å². The zero-order valence-corrected chi connectivity index (χ0v) is 29.7. The van der Waals surface area contributed by atoms with Gasteiger partial charge in [0.25, 0.3) is 0 Å². The third-order valence-corrected chi connectivity index (χ3v) is 20.5. The van der Waals surface area contributed by atoms with Crippen LogP contribution in [0.5, 0.6) is 0 Å². The van der Waals surface area contributed by atoms with Crippen molar-refractivity contribution in [2.75, 3.05) is 6.61 Å². The van der Waals surface area contributed by atoms with Gasteiger partial charge in [-0.2, -0.15) is 0 Å². The van der Waals surface area contributed by atoms with Crippen LogP contribution in [0.4, 0.5) is 0 Å². The van der Waals surface area contributed by atoms with Crippen LogP contribution in [-0.4, -0.2) is 14.9 Å². The van der Waals surface area contributed by atoms with Crippen LogP contribution in [0.15, 0.2) is 24.3 Å². The summed E-state index contributed by atoms with van der Waals surface area (Å²) in [6.45, 7) is 34.0. The fourth-order valence-electron chi connectivity index (χ4n) is 5.72. The number of rotatable bonds is 8. The number of hydrogen-bond donors (Lipinski definition) is 0. The zero-order valence-electron chi connectivity index (χ0n) is 26.9. The summed E-state index contributed by atoms with van der Waals surface area (Å²) >= 11 is 0. The first-order chi connectivity index (χ1) is 17.4. The first-order valence-corrected chi connectivity index (χ1v) is 20.3. The minimum atomic E-state index is -1.69. The highest BCUT2D eigenvalue weighted by molar-refractivity contribution is 7.85. The predicted molar refractivity (Wildman–Crippen MR) is 179 cm³/mol. The molecular weight excluding hydrogens is 514 g/mol. The molecule has 0 amide bonds. The van der Waals surface area contributed by atoms with Gasteiger partial charge in [0, 0.05) is 17.9 Å². The van der Waals surface area contributed by atoms with E-state index in [0.29, 0.717) is 0 Å². The average Bonchev–Trinajstić information content (AvgIpc) is 2.71. The number of benzene rings is 2. The average molecular weight is 569 g/mol. The molecule has 0 saturated carbocycles. The first-order valence-electron chi connectivity index (χ1n) is 14.5. The van der Waals surface area contributed by atoms with Gasteiger partial charge in [-0.3, -0.25) is 0 Å². The SMILES string of the molecule is Cc1cc(C)c(-c2p(C(C)(C)C)[c-](-c3c(C)cc(C)cc3C)[p+]2CCCCO[Si](C)(C)C(C)(C)C)c(C)c1. The van der Waals surface area contributed by atoms with Crippen molar-refractivity contribution in [3.63, 3.8) is 0 Å². The lowest BCUT2D eigenvalue weighted by Gasteiger charge is -2.37. The van der Waals surface area contributed by atoms with E-state index in [-0.39, 0.29) is 25.3 Å². The van der Waals surface area contributed by atoms with Crippen molar-refractivity contribution >= 4 is 23.4 Å². The van der Waals surface area contributed by atoms with Crippen molar-refractivity contribution < 1.29 is 4.43 Å². The molecule has 0 radical (unpaired) electrons. The van der Waals surface area contributed by atoms with Gasteiger partial charge in [-0.1, -0.05) is 90.6 Å². The summed E-state index contributed by atoms with van der Waals surface area (Å²) in [5, 5.41) is 4.16. The van der Waals surface area contributed by atoms with Crippen LogP contribution in [0.1, 0.15) is 87.8 Å². The van der Waals surface area contributed by atoms with Crippen LogP contribution in [-0.2, 0) is 15.7 Å². The van der Waals surface area contributed by atoms with Crippen LogP contribution < -0.4 is 0 Å². The highest BCUT2D eigenvalue weighted by atomic mass is 31.2. The van der Waals surface area contributed by atoms with Crippen LogP contribution in [0.3, 0.4) is 0 Å². The van der Waals surface area contributed by atoms with E-state index >= 15 is 0 Å². The van der Waals surface area contributed by atoms with Gasteiger partial charge in [0.2, 0.25) is 0 Å². The fourth-order valence-corrected chi connectivity index (χ4v) is 16.7. The summed E-state index contributed by atoms with van der Waals surface area (Å²) in [7, 11) is -2.36. The molecule has 3 rings (SSSR count). The van der Waals surface area contributed by atoms with Gasteiger partial charge in [-0.15, -0.1) is 11.1 Å². The molecular formula is C34H54OP2Si. The van der Waals surface area contributed by atoms with Gasteiger partial charge in [-0.25, -0.2) is 0 Å². The molecule has 4 heteroatoms. The van der Waals surface area contributed by atoms with E-state index in [1.807, 2.05) is 10.1 Å². The van der Waals surface area contributed by atoms with E-state index in [2.05, 4.69) is 120 Å². The van der Waals surface area contributed by atoms with E-state index in [4.69, 9.17) is 4.43 Å². The Bertz CT molecular complexity index is 1170. The lowest BCUT2D eigenvalue weighted by atomic mass is 10.0. The van der Waals surface area contributed by atoms with Crippen LogP contribution in [0.25, 0.3) is 21.2 Å². The lowest BCUT2D eigenvalue weighted by molar-refractivity contribution is 0.280. The topological polar surface area (TPSA) is 9.23 Å². The molecule has 1 heterocycles. The molecule has 1 nitrogen and oxygen atoms in total. The van der Waals surface area contributed by atoms with Crippen molar-refractivity contribution in [3.8, 4) is 21.2 Å². The Morgan fingerprint density at radius 1 is 0.763 bits per heavy atom. The zero-order chi connectivity index (χ0) is 28.8. The molecule has 0 bridgehead atoms. The Morgan fingerprint density at radius 3 is 1.68 bits per heavy atom. The minimum Gasteiger partial charge on any atom is -0.417 e. The Balaban J connectivity index is 2.11. The lowest BCUT2D eigenvalue weighted by Crippen LogP contribution is -2.40. The van der Waals surface area contributed by atoms with Crippen molar-refractivity contribution in [1.82, 2.24) is 0 Å². The highest BCUT2D eigenvalue weighted by Crippen LogP contribution is 2.77. The standard InChI is InChI=1S/C34H54OP2Si/c1-23-19-25(3)29(26(4)20-23)31-36(18-16-15-17-35-38(13,14)34(10,11)12)32(37(31)33(7,8)9)30-27(5)21-24(2)22-28(30)6/h19-22H,15-18H2,1-14H3. The van der Waals surface area contributed by atoms with Gasteiger partial charge in [0.1, 0.15) is 0 Å². The molecule has 0 aliphatic rings. The second kappa shape index (κ2) is 11.4. The third-order valence-electron chi connectivity index (χ3n) is 8.45. The molecule has 3 aromatic rings. The highest BCUT2D eigenvalue weighted by Gasteiger charge is 2.38. The number of unbranched alkanes of at least 4 members (excludes halogenated alkanes) is 1. The number of aryl methyl sites for hydroxylation is 6. The maximum atomic E-state index is 6.57. The minimum absolute atomic E-state index is 0.248. The quantitative estimate of drug-likeness (QED) is 0.149. The summed E-state index contributed by atoms with van der Waals surface area (Å²) in [4.78, 5) is 0. The molecule has 0 N–H and O–H groups in total. The molecule has 0 fully saturated rings. The molecule has 0 spiro atoms. The molecule has 2 aromatic carbocycles. The summed E-state index contributed by atoms with van der Waals surface area (Å²) in [6.07, 6.45) is 3.70. The van der Waals surface area contributed by atoms with E-state index in [1.54, 1.807) is 11.1 Å². The molecule has 0 saturated heterocycles. The Hall–Kier alpha value is -1.04. The molecule has 0 atom stereocenters. The molecule has 210 valence electrons. The summed E-state index contributed by atoms with van der Waals surface area (Å²) < 4.78 is 6.57. The Morgan fingerprint density at radius 2 is 1.24 bits per heavy atom. The van der Waals surface area contributed by atoms with Crippen LogP contribution >= 0.6 is 15.1 Å². The predicted octanol–water partition coefficient (Wildman–Crippen LogP) is 12.4. The largest absolute Gasteiger partial charge is 0.417 e. The summed E-state index contributed by atoms with van der Waals surface area (Å²) in [6, 6.07) is 9.64. The van der Waals surface area contributed by atoms with Crippen molar-refractivity contribution in [2.24, 2.45) is 0 Å². The Kier molecular flexibility index (Phi) is 9.48. The number of hydrogen-bond acceptors (Lipinski definition) is 1. The van der Waals surface area contributed by atoms with Gasteiger partial charge < -0.3 is 4.43 Å². The van der Waals surface area contributed by atoms with Crippen LogP contribution in [0, 0.1) is 41.5 Å². The summed E-state index contributed by atoms with van der Waals surface area (Å²) in [5.74, 6) is 0. The van der Waals surface area contributed by atoms with E-state index in [0.717, 1.165) is 13.0 Å². The first kappa shape index (κ1) is 31.5. The van der Waals surface area contributed by atoms with Crippen molar-refractivity contribution in [3.05, 3.63) is 57.6 Å². The molecule has 0 aliphatic heterocycles. The Labute approximate surface area is 238 Å². The monoisotopic (exact) mass is 568 g/mol. The van der Waals surface area contributed by atoms with Crippen LogP contribution in [0.2, 0.25) is 18.1 Å². The molecule has 1 aromatic heterocycles. The van der Waals surface area contributed by atoms with Crippen molar-refractivity contribution in [2.45, 2.75) is 125 Å². The third kappa shape index (κ3) is 6.47.